The minimum absolute atomic E-state index is 0.0253. The smallest absolute Gasteiger partial charge is 0.325 e. The number of nitrogens with one attached hydrogen (secondary N) is 1. The third-order valence-corrected chi connectivity index (χ3v) is 2.11. The molecule has 0 saturated carbocycles. The average molecular weight is 201 g/mol. The maximum absolute atomic E-state index is 11.6. The number of carbonyl (C=O) groups is 2. The highest BCUT2D eigenvalue weighted by Gasteiger charge is 2.44. The van der Waals surface area contributed by atoms with Gasteiger partial charge in [-0.1, -0.05) is 0 Å². The summed E-state index contributed by atoms with van der Waals surface area (Å²) in [5.41, 5.74) is 4.31. The normalized spacial score (nSPS) is 22.4. The predicted octanol–water partition coefficient (Wildman–Crippen LogP) is -1.36. The fraction of sp³-hybridized carbons (Fsp3) is 0.750. The maximum atomic E-state index is 11.6. The molecule has 1 heterocycles. The van der Waals surface area contributed by atoms with Gasteiger partial charge in [0.2, 0.25) is 0 Å². The maximum Gasteiger partial charge on any atom is 0.325 e. The summed E-state index contributed by atoms with van der Waals surface area (Å²) >= 11 is 0. The molecule has 1 aliphatic heterocycles. The highest BCUT2D eigenvalue weighted by molar-refractivity contribution is 6.06. The monoisotopic (exact) mass is 201 g/mol. The second-order valence-electron chi connectivity index (χ2n) is 3.86. The topological polar surface area (TPSA) is 95.7 Å². The third kappa shape index (κ3) is 1.85. The SMILES string of the molecule is CC1(C)NC(=O)N(CC(O)CN)C1=O. The number of hydrogen-bond acceptors (Lipinski definition) is 4. The molecule has 1 rings (SSSR count). The van der Waals surface area contributed by atoms with Crippen LogP contribution in [0.25, 0.3) is 0 Å². The minimum atomic E-state index is -0.884. The molecule has 1 unspecified atom stereocenters. The Balaban J connectivity index is 2.71. The molecular formula is C8H15N3O3. The van der Waals surface area contributed by atoms with Gasteiger partial charge in [-0.2, -0.15) is 0 Å². The van der Waals surface area contributed by atoms with Gasteiger partial charge < -0.3 is 16.2 Å². The number of β-amino-alcohol motifs (C(OH)–C–C–N with tert-alkyl or cyclic N) is 1. The summed E-state index contributed by atoms with van der Waals surface area (Å²) in [7, 11) is 0. The first-order valence-electron chi connectivity index (χ1n) is 4.40. The van der Waals surface area contributed by atoms with E-state index in [4.69, 9.17) is 5.73 Å². The van der Waals surface area contributed by atoms with E-state index >= 15 is 0 Å². The molecule has 0 aromatic rings. The van der Waals surface area contributed by atoms with Crippen molar-refractivity contribution in [2.24, 2.45) is 5.73 Å². The van der Waals surface area contributed by atoms with Crippen LogP contribution in [0.4, 0.5) is 4.79 Å². The molecule has 80 valence electrons. The van der Waals surface area contributed by atoms with Crippen LogP contribution in [0, 0.1) is 0 Å². The Morgan fingerprint density at radius 3 is 2.50 bits per heavy atom. The van der Waals surface area contributed by atoms with Crippen molar-refractivity contribution >= 4 is 11.9 Å². The van der Waals surface area contributed by atoms with Crippen LogP contribution in [-0.2, 0) is 4.79 Å². The van der Waals surface area contributed by atoms with Crippen molar-refractivity contribution in [2.75, 3.05) is 13.1 Å². The molecule has 0 bridgehead atoms. The Morgan fingerprint density at radius 2 is 2.14 bits per heavy atom. The van der Waals surface area contributed by atoms with Crippen LogP contribution in [0.1, 0.15) is 13.8 Å². The number of rotatable bonds is 3. The van der Waals surface area contributed by atoms with Gasteiger partial charge in [0.1, 0.15) is 5.54 Å². The first-order valence-corrected chi connectivity index (χ1v) is 4.40. The Hall–Kier alpha value is -1.14. The number of aliphatic hydroxyl groups is 1. The zero-order valence-electron chi connectivity index (χ0n) is 8.28. The van der Waals surface area contributed by atoms with E-state index in [1.54, 1.807) is 13.8 Å². The fourth-order valence-corrected chi connectivity index (χ4v) is 1.27. The summed E-state index contributed by atoms with van der Waals surface area (Å²) in [5, 5.41) is 11.7. The van der Waals surface area contributed by atoms with E-state index in [1.807, 2.05) is 0 Å². The third-order valence-electron chi connectivity index (χ3n) is 2.11. The Morgan fingerprint density at radius 1 is 1.57 bits per heavy atom. The first kappa shape index (κ1) is 10.9. The van der Waals surface area contributed by atoms with E-state index in [0.29, 0.717) is 0 Å². The number of aliphatic hydroxyl groups excluding tert-OH is 1. The van der Waals surface area contributed by atoms with E-state index in [9.17, 15) is 14.7 Å². The van der Waals surface area contributed by atoms with Crippen LogP contribution in [0.5, 0.6) is 0 Å². The number of nitrogens with zero attached hydrogens (tertiary/aromatic N) is 1. The van der Waals surface area contributed by atoms with Gasteiger partial charge in [-0.25, -0.2) is 4.79 Å². The molecule has 0 aromatic heterocycles. The van der Waals surface area contributed by atoms with Crippen LogP contribution >= 0.6 is 0 Å². The van der Waals surface area contributed by atoms with Gasteiger partial charge in [0.05, 0.1) is 12.6 Å². The molecule has 4 N–H and O–H groups in total. The molecule has 1 saturated heterocycles. The lowest BCUT2D eigenvalue weighted by Gasteiger charge is -2.17. The van der Waals surface area contributed by atoms with Crippen molar-refractivity contribution in [3.05, 3.63) is 0 Å². The molecule has 3 amide bonds. The summed E-state index contributed by atoms with van der Waals surface area (Å²) in [4.78, 5) is 23.9. The fourth-order valence-electron chi connectivity index (χ4n) is 1.27. The molecule has 14 heavy (non-hydrogen) atoms. The van der Waals surface area contributed by atoms with Gasteiger partial charge in [0.15, 0.2) is 0 Å². The van der Waals surface area contributed by atoms with Crippen molar-refractivity contribution < 1.29 is 14.7 Å². The molecule has 0 aliphatic carbocycles. The standard InChI is InChI=1S/C8H15N3O3/c1-8(2)6(13)11(7(14)10-8)4-5(12)3-9/h5,12H,3-4,9H2,1-2H3,(H,10,14). The summed E-state index contributed by atoms with van der Waals surface area (Å²) in [6, 6.07) is -0.479. The number of imide groups is 1. The molecule has 6 nitrogen and oxygen atoms in total. The number of amides is 3. The van der Waals surface area contributed by atoms with Crippen molar-refractivity contribution in [3.8, 4) is 0 Å². The minimum Gasteiger partial charge on any atom is -0.390 e. The first-order chi connectivity index (χ1) is 6.38. The van der Waals surface area contributed by atoms with Crippen LogP contribution in [0.3, 0.4) is 0 Å². The number of urea groups is 1. The number of nitrogens with two attached hydrogens (primary N) is 1. The molecule has 0 aromatic carbocycles. The summed E-state index contributed by atoms with van der Waals surface area (Å²) < 4.78 is 0. The second kappa shape index (κ2) is 3.55. The zero-order valence-corrected chi connectivity index (χ0v) is 8.28. The molecule has 1 aliphatic rings. The van der Waals surface area contributed by atoms with Crippen molar-refractivity contribution in [2.45, 2.75) is 25.5 Å². The lowest BCUT2D eigenvalue weighted by molar-refractivity contribution is -0.131. The van der Waals surface area contributed by atoms with E-state index in [2.05, 4.69) is 5.32 Å². The van der Waals surface area contributed by atoms with Gasteiger partial charge in [0, 0.05) is 6.54 Å². The lowest BCUT2D eigenvalue weighted by atomic mass is 10.1. The number of hydrogen-bond donors (Lipinski definition) is 3. The molecule has 6 heteroatoms. The van der Waals surface area contributed by atoms with Crippen molar-refractivity contribution in [1.29, 1.82) is 0 Å². The highest BCUT2D eigenvalue weighted by Crippen LogP contribution is 2.16. The van der Waals surface area contributed by atoms with Gasteiger partial charge in [-0.05, 0) is 13.8 Å². The second-order valence-corrected chi connectivity index (χ2v) is 3.86. The van der Waals surface area contributed by atoms with Gasteiger partial charge in [-0.3, -0.25) is 9.69 Å². The highest BCUT2D eigenvalue weighted by atomic mass is 16.3. The lowest BCUT2D eigenvalue weighted by Crippen LogP contribution is -2.42. The molecule has 0 spiro atoms. The van der Waals surface area contributed by atoms with E-state index in [0.717, 1.165) is 4.90 Å². The summed E-state index contributed by atoms with van der Waals surface area (Å²) in [5.74, 6) is -0.338. The van der Waals surface area contributed by atoms with Crippen molar-refractivity contribution in [1.82, 2.24) is 10.2 Å². The Bertz CT molecular complexity index is 265. The van der Waals surface area contributed by atoms with E-state index in [-0.39, 0.29) is 19.0 Å². The van der Waals surface area contributed by atoms with Gasteiger partial charge in [0.25, 0.3) is 5.91 Å². The summed E-state index contributed by atoms with van der Waals surface area (Å²) in [6.07, 6.45) is -0.862. The van der Waals surface area contributed by atoms with Crippen LogP contribution < -0.4 is 11.1 Å². The van der Waals surface area contributed by atoms with Gasteiger partial charge in [-0.15, -0.1) is 0 Å². The molecule has 1 atom stereocenters. The molecule has 1 fully saturated rings. The Labute approximate surface area is 82.1 Å². The van der Waals surface area contributed by atoms with Crippen molar-refractivity contribution in [3.63, 3.8) is 0 Å². The van der Waals surface area contributed by atoms with Gasteiger partial charge >= 0.3 is 6.03 Å². The van der Waals surface area contributed by atoms with E-state index in [1.165, 1.54) is 0 Å². The Kier molecular flexibility index (Phi) is 2.77. The van der Waals surface area contributed by atoms with Crippen LogP contribution in [0.2, 0.25) is 0 Å². The average Bonchev–Trinajstić information content (AvgIpc) is 2.28. The predicted molar refractivity (Wildman–Crippen MR) is 49.4 cm³/mol. The van der Waals surface area contributed by atoms with Crippen LogP contribution in [-0.4, -0.2) is 46.7 Å². The quantitative estimate of drug-likeness (QED) is 0.491. The number of carbonyl (C=O) groups excluding carboxylic acids is 2. The largest absolute Gasteiger partial charge is 0.390 e. The zero-order chi connectivity index (χ0) is 10.9. The van der Waals surface area contributed by atoms with Crippen LogP contribution in [0.15, 0.2) is 0 Å². The van der Waals surface area contributed by atoms with E-state index < -0.39 is 17.7 Å². The summed E-state index contributed by atoms with van der Waals surface area (Å²) in [6.45, 7) is 3.20. The molecule has 0 radical (unpaired) electrons. The molecular weight excluding hydrogens is 186 g/mol.